The van der Waals surface area contributed by atoms with Crippen LogP contribution in [-0.2, 0) is 0 Å². The van der Waals surface area contributed by atoms with Gasteiger partial charge in [-0.3, -0.25) is 0 Å². The van der Waals surface area contributed by atoms with E-state index in [-0.39, 0.29) is 0 Å². The van der Waals surface area contributed by atoms with Crippen LogP contribution in [0.5, 0.6) is 0 Å². The Kier molecular flexibility index (Phi) is 3.66. The van der Waals surface area contributed by atoms with Gasteiger partial charge >= 0.3 is 0 Å². The van der Waals surface area contributed by atoms with Crippen molar-refractivity contribution < 1.29 is 0 Å². The van der Waals surface area contributed by atoms with Crippen molar-refractivity contribution in [2.75, 3.05) is 0 Å². The topological polar surface area (TPSA) is 0 Å². The van der Waals surface area contributed by atoms with E-state index >= 15 is 0 Å². The van der Waals surface area contributed by atoms with Gasteiger partial charge in [-0.25, -0.2) is 0 Å². The van der Waals surface area contributed by atoms with E-state index in [0.29, 0.717) is 0 Å². The van der Waals surface area contributed by atoms with Gasteiger partial charge in [-0.15, -0.1) is 0 Å². The summed E-state index contributed by atoms with van der Waals surface area (Å²) in [4.78, 5) is 0. The van der Waals surface area contributed by atoms with Crippen LogP contribution >= 0.6 is 0 Å². The van der Waals surface area contributed by atoms with Crippen molar-refractivity contribution in [3.63, 3.8) is 0 Å². The lowest BCUT2D eigenvalue weighted by atomic mass is 9.79. The van der Waals surface area contributed by atoms with E-state index in [2.05, 4.69) is 38.2 Å². The Morgan fingerprint density at radius 2 is 1.20 bits per heavy atom. The van der Waals surface area contributed by atoms with Crippen LogP contribution in [0.4, 0.5) is 0 Å². The number of allylic oxidation sites excluding steroid dienone is 4. The lowest BCUT2D eigenvalue weighted by molar-refractivity contribution is 0.370. The number of rotatable bonds is 2. The van der Waals surface area contributed by atoms with E-state index in [4.69, 9.17) is 0 Å². The van der Waals surface area contributed by atoms with E-state index < -0.39 is 0 Å². The minimum Gasteiger partial charge on any atom is -0.0854 e. The molecule has 4 unspecified atom stereocenters. The van der Waals surface area contributed by atoms with Crippen molar-refractivity contribution in [1.29, 1.82) is 0 Å². The van der Waals surface area contributed by atoms with Gasteiger partial charge in [0.05, 0.1) is 0 Å². The van der Waals surface area contributed by atoms with E-state index in [9.17, 15) is 0 Å². The van der Waals surface area contributed by atoms with Gasteiger partial charge in [0.2, 0.25) is 0 Å². The molecule has 0 aromatic rings. The summed E-state index contributed by atoms with van der Waals surface area (Å²) in [6.07, 6.45) is 16.8. The highest BCUT2D eigenvalue weighted by atomic mass is 14.2. The molecule has 0 N–H and O–H groups in total. The van der Waals surface area contributed by atoms with Crippen molar-refractivity contribution in [2.24, 2.45) is 23.7 Å². The molecule has 0 fully saturated rings. The number of hydrogen-bond donors (Lipinski definition) is 0. The van der Waals surface area contributed by atoms with Gasteiger partial charge in [0.1, 0.15) is 0 Å². The van der Waals surface area contributed by atoms with E-state index in [1.807, 2.05) is 0 Å². The molecule has 0 aliphatic heterocycles. The molecule has 0 nitrogen and oxygen atoms in total. The monoisotopic (exact) mass is 204 g/mol. The summed E-state index contributed by atoms with van der Waals surface area (Å²) < 4.78 is 0. The van der Waals surface area contributed by atoms with Crippen LogP contribution in [0.1, 0.15) is 46.0 Å². The maximum atomic E-state index is 2.47. The molecule has 0 saturated heterocycles. The maximum Gasteiger partial charge on any atom is -0.0228 e. The third-order valence-electron chi connectivity index (χ3n) is 4.01. The largest absolute Gasteiger partial charge is 0.0854 e. The molecule has 0 spiro atoms. The van der Waals surface area contributed by atoms with Crippen LogP contribution in [0.2, 0.25) is 0 Å². The first kappa shape index (κ1) is 11.0. The molecule has 2 rings (SSSR count). The van der Waals surface area contributed by atoms with Gasteiger partial charge in [0.25, 0.3) is 0 Å². The highest BCUT2D eigenvalue weighted by Crippen LogP contribution is 2.32. The molecule has 0 saturated carbocycles. The Hall–Kier alpha value is -0.520. The first-order valence-electron chi connectivity index (χ1n) is 6.60. The van der Waals surface area contributed by atoms with E-state index in [0.717, 1.165) is 23.7 Å². The molecular formula is C15H24. The van der Waals surface area contributed by atoms with E-state index in [1.165, 1.54) is 32.1 Å². The Labute approximate surface area is 94.5 Å². The van der Waals surface area contributed by atoms with Gasteiger partial charge in [-0.05, 0) is 55.8 Å². The van der Waals surface area contributed by atoms with Crippen molar-refractivity contribution in [3.05, 3.63) is 24.3 Å². The molecule has 0 aromatic heterocycles. The molecule has 0 bridgehead atoms. The average Bonchev–Trinajstić information content (AvgIpc) is 2.25. The van der Waals surface area contributed by atoms with Gasteiger partial charge in [0, 0.05) is 0 Å². The third kappa shape index (κ3) is 3.22. The quantitative estimate of drug-likeness (QED) is 0.577. The summed E-state index contributed by atoms with van der Waals surface area (Å²) in [7, 11) is 0. The summed E-state index contributed by atoms with van der Waals surface area (Å²) in [6, 6.07) is 0. The normalized spacial score (nSPS) is 40.7. The molecule has 84 valence electrons. The lowest BCUT2D eigenvalue weighted by Crippen LogP contribution is -2.13. The van der Waals surface area contributed by atoms with Gasteiger partial charge in [0.15, 0.2) is 0 Å². The fourth-order valence-electron chi connectivity index (χ4n) is 2.81. The zero-order valence-corrected chi connectivity index (χ0v) is 10.2. The average molecular weight is 204 g/mol. The Morgan fingerprint density at radius 3 is 1.53 bits per heavy atom. The summed E-state index contributed by atoms with van der Waals surface area (Å²) in [5.74, 6) is 3.37. The molecule has 2 aliphatic rings. The Morgan fingerprint density at radius 1 is 0.733 bits per heavy atom. The second-order valence-corrected chi connectivity index (χ2v) is 5.63. The summed E-state index contributed by atoms with van der Waals surface area (Å²) >= 11 is 0. The van der Waals surface area contributed by atoms with Gasteiger partial charge < -0.3 is 0 Å². The van der Waals surface area contributed by atoms with Crippen molar-refractivity contribution >= 4 is 0 Å². The molecule has 0 heterocycles. The van der Waals surface area contributed by atoms with Crippen molar-refractivity contribution in [3.8, 4) is 0 Å². The second-order valence-electron chi connectivity index (χ2n) is 5.63. The second kappa shape index (κ2) is 5.01. The van der Waals surface area contributed by atoms with Crippen LogP contribution in [0.3, 0.4) is 0 Å². The van der Waals surface area contributed by atoms with Crippen LogP contribution < -0.4 is 0 Å². The highest BCUT2D eigenvalue weighted by Gasteiger charge is 2.18. The fraction of sp³-hybridized carbons (Fsp3) is 0.733. The minimum atomic E-state index is 0.822. The number of hydrogen-bond acceptors (Lipinski definition) is 0. The van der Waals surface area contributed by atoms with Crippen LogP contribution in [-0.4, -0.2) is 0 Å². The zero-order chi connectivity index (χ0) is 10.7. The first-order valence-corrected chi connectivity index (χ1v) is 6.60. The molecule has 15 heavy (non-hydrogen) atoms. The summed E-state index contributed by atoms with van der Waals surface area (Å²) in [5.41, 5.74) is 0. The molecule has 0 amide bonds. The molecule has 0 heteroatoms. The highest BCUT2D eigenvalue weighted by molar-refractivity contribution is 5.02. The molecular weight excluding hydrogens is 180 g/mol. The van der Waals surface area contributed by atoms with E-state index in [1.54, 1.807) is 0 Å². The molecule has 0 radical (unpaired) electrons. The first-order chi connectivity index (χ1) is 7.24. The molecule has 4 atom stereocenters. The third-order valence-corrected chi connectivity index (χ3v) is 4.01. The van der Waals surface area contributed by atoms with Gasteiger partial charge in [-0.1, -0.05) is 38.2 Å². The Bertz CT molecular complexity index is 223. The standard InChI is InChI=1S/C15H24/c1-12-3-7-14(8-4-12)11-15-9-5-13(2)6-10-15/h3,5,7,9,12-15H,4,6,8,10-11H2,1-2H3. The fourth-order valence-corrected chi connectivity index (χ4v) is 2.81. The van der Waals surface area contributed by atoms with Crippen LogP contribution in [0, 0.1) is 23.7 Å². The minimum absolute atomic E-state index is 0.822. The summed E-state index contributed by atoms with van der Waals surface area (Å²) in [5, 5.41) is 0. The van der Waals surface area contributed by atoms with Crippen molar-refractivity contribution in [2.45, 2.75) is 46.0 Å². The predicted octanol–water partition coefficient (Wildman–Crippen LogP) is 4.58. The molecule has 2 aliphatic carbocycles. The maximum absolute atomic E-state index is 2.47. The SMILES string of the molecule is CC1C=CC(CC2C=CC(C)CC2)CC1. The summed E-state index contributed by atoms with van der Waals surface area (Å²) in [6.45, 7) is 4.66. The molecule has 0 aromatic carbocycles. The van der Waals surface area contributed by atoms with Crippen molar-refractivity contribution in [1.82, 2.24) is 0 Å². The predicted molar refractivity (Wildman–Crippen MR) is 66.7 cm³/mol. The van der Waals surface area contributed by atoms with Crippen LogP contribution in [0.25, 0.3) is 0 Å². The smallest absolute Gasteiger partial charge is 0.0228 e. The van der Waals surface area contributed by atoms with Crippen LogP contribution in [0.15, 0.2) is 24.3 Å². The zero-order valence-electron chi connectivity index (χ0n) is 10.2. The Balaban J connectivity index is 1.82. The lowest BCUT2D eigenvalue weighted by Gasteiger charge is -2.26. The van der Waals surface area contributed by atoms with Gasteiger partial charge in [-0.2, -0.15) is 0 Å².